The molecule has 0 N–H and O–H groups in total. The number of carbonyl (C=O) groups is 1. The Labute approximate surface area is 153 Å². The van der Waals surface area contributed by atoms with E-state index in [0.717, 1.165) is 42.6 Å². The lowest BCUT2D eigenvalue weighted by Crippen LogP contribution is -2.24. The van der Waals surface area contributed by atoms with Crippen molar-refractivity contribution >= 4 is 23.0 Å². The van der Waals surface area contributed by atoms with E-state index in [1.54, 1.807) is 13.2 Å². The molecule has 1 saturated heterocycles. The molecule has 4 nitrogen and oxygen atoms in total. The summed E-state index contributed by atoms with van der Waals surface area (Å²) in [6.07, 6.45) is 2.97. The van der Waals surface area contributed by atoms with Crippen molar-refractivity contribution < 1.29 is 9.53 Å². The molecular weight excluding hydrogens is 324 g/mol. The third kappa shape index (κ3) is 2.71. The molecule has 132 valence electrons. The monoisotopic (exact) mass is 346 g/mol. The summed E-state index contributed by atoms with van der Waals surface area (Å²) >= 11 is 0. The predicted octanol–water partition coefficient (Wildman–Crippen LogP) is 4.71. The van der Waals surface area contributed by atoms with Gasteiger partial charge in [0.15, 0.2) is 6.29 Å². The van der Waals surface area contributed by atoms with Gasteiger partial charge in [0.2, 0.25) is 0 Å². The van der Waals surface area contributed by atoms with E-state index in [1.807, 2.05) is 18.2 Å². The van der Waals surface area contributed by atoms with Crippen LogP contribution in [0.4, 0.5) is 5.82 Å². The Kier molecular flexibility index (Phi) is 4.33. The summed E-state index contributed by atoms with van der Waals surface area (Å²) in [5, 5.41) is 1.19. The maximum atomic E-state index is 11.4. The number of nitrogens with zero attached hydrogens (tertiary/aromatic N) is 2. The van der Waals surface area contributed by atoms with Crippen molar-refractivity contribution in [3.05, 3.63) is 65.2 Å². The Bertz CT molecular complexity index is 968. The molecule has 1 aliphatic heterocycles. The van der Waals surface area contributed by atoms with Crippen LogP contribution in [0.3, 0.4) is 0 Å². The minimum Gasteiger partial charge on any atom is -0.496 e. The van der Waals surface area contributed by atoms with Gasteiger partial charge in [-0.05, 0) is 43.5 Å². The van der Waals surface area contributed by atoms with Crippen molar-refractivity contribution in [2.24, 2.45) is 0 Å². The number of aromatic nitrogens is 1. The molecule has 4 heteroatoms. The Balaban J connectivity index is 1.80. The molecule has 3 aromatic rings. The van der Waals surface area contributed by atoms with Gasteiger partial charge in [-0.3, -0.25) is 4.79 Å². The van der Waals surface area contributed by atoms with Crippen LogP contribution in [0.1, 0.15) is 40.4 Å². The summed E-state index contributed by atoms with van der Waals surface area (Å²) in [7, 11) is 1.63. The zero-order valence-corrected chi connectivity index (χ0v) is 15.1. The fourth-order valence-electron chi connectivity index (χ4n) is 4.01. The number of benzene rings is 2. The standard InChI is InChI=1S/C22H22N2O2/c1-15-13-21(23-19-10-4-3-8-17(15)19)24-12-6-11-20(24)18-9-5-7-16(14-25)22(18)26-2/h3-5,7-10,13-14,20H,6,11-12H2,1-2H3. The lowest BCUT2D eigenvalue weighted by molar-refractivity contribution is 0.112. The van der Waals surface area contributed by atoms with Gasteiger partial charge in [0.05, 0.1) is 24.2 Å². The van der Waals surface area contributed by atoms with Gasteiger partial charge in [-0.2, -0.15) is 0 Å². The predicted molar refractivity (Wildman–Crippen MR) is 104 cm³/mol. The number of para-hydroxylation sites is 2. The molecular formula is C22H22N2O2. The van der Waals surface area contributed by atoms with Crippen LogP contribution < -0.4 is 9.64 Å². The van der Waals surface area contributed by atoms with E-state index in [4.69, 9.17) is 9.72 Å². The molecule has 1 fully saturated rings. The van der Waals surface area contributed by atoms with Gasteiger partial charge in [-0.15, -0.1) is 0 Å². The van der Waals surface area contributed by atoms with Crippen LogP contribution in [-0.4, -0.2) is 24.9 Å². The first-order chi connectivity index (χ1) is 12.7. The van der Waals surface area contributed by atoms with Crippen LogP contribution in [0, 0.1) is 6.92 Å². The minimum atomic E-state index is 0.165. The van der Waals surface area contributed by atoms with Gasteiger partial charge in [-0.25, -0.2) is 4.98 Å². The second kappa shape index (κ2) is 6.79. The van der Waals surface area contributed by atoms with E-state index in [-0.39, 0.29) is 6.04 Å². The second-order valence-corrected chi connectivity index (χ2v) is 6.75. The summed E-state index contributed by atoms with van der Waals surface area (Å²) in [6.45, 7) is 3.08. The number of carbonyl (C=O) groups excluding carboxylic acids is 1. The van der Waals surface area contributed by atoms with Gasteiger partial charge in [0.1, 0.15) is 11.6 Å². The van der Waals surface area contributed by atoms with Crippen LogP contribution in [0.5, 0.6) is 5.75 Å². The summed E-state index contributed by atoms with van der Waals surface area (Å²) in [5.74, 6) is 1.67. The van der Waals surface area contributed by atoms with E-state index in [1.165, 1.54) is 10.9 Å². The Morgan fingerprint density at radius 1 is 1.19 bits per heavy atom. The number of methoxy groups -OCH3 is 1. The molecule has 2 heterocycles. The molecule has 1 aromatic heterocycles. The molecule has 26 heavy (non-hydrogen) atoms. The van der Waals surface area contributed by atoms with E-state index < -0.39 is 0 Å². The van der Waals surface area contributed by atoms with Gasteiger partial charge in [0.25, 0.3) is 0 Å². The summed E-state index contributed by atoms with van der Waals surface area (Å²) in [6, 6.07) is 16.4. The van der Waals surface area contributed by atoms with Crippen LogP contribution in [0.25, 0.3) is 10.9 Å². The summed E-state index contributed by atoms with van der Waals surface area (Å²) < 4.78 is 5.58. The highest BCUT2D eigenvalue weighted by Crippen LogP contribution is 2.41. The zero-order chi connectivity index (χ0) is 18.1. The van der Waals surface area contributed by atoms with Crippen LogP contribution in [0.2, 0.25) is 0 Å². The molecule has 0 aliphatic carbocycles. The van der Waals surface area contributed by atoms with Crippen LogP contribution in [0.15, 0.2) is 48.5 Å². The maximum Gasteiger partial charge on any atom is 0.153 e. The minimum absolute atomic E-state index is 0.165. The second-order valence-electron chi connectivity index (χ2n) is 6.75. The number of hydrogen-bond acceptors (Lipinski definition) is 4. The molecule has 0 bridgehead atoms. The van der Waals surface area contributed by atoms with Crippen molar-refractivity contribution in [2.45, 2.75) is 25.8 Å². The number of aldehydes is 1. The molecule has 0 saturated carbocycles. The summed E-state index contributed by atoms with van der Waals surface area (Å²) in [4.78, 5) is 18.6. The first-order valence-corrected chi connectivity index (χ1v) is 8.98. The molecule has 0 spiro atoms. The number of pyridine rings is 1. The average Bonchev–Trinajstić information content (AvgIpc) is 3.17. The van der Waals surface area contributed by atoms with Crippen molar-refractivity contribution in [3.8, 4) is 5.75 Å². The van der Waals surface area contributed by atoms with Crippen molar-refractivity contribution in [1.29, 1.82) is 0 Å². The van der Waals surface area contributed by atoms with Gasteiger partial charge >= 0.3 is 0 Å². The smallest absolute Gasteiger partial charge is 0.153 e. The van der Waals surface area contributed by atoms with E-state index in [9.17, 15) is 4.79 Å². The van der Waals surface area contributed by atoms with Crippen LogP contribution in [-0.2, 0) is 0 Å². The van der Waals surface area contributed by atoms with E-state index in [2.05, 4.69) is 36.1 Å². The van der Waals surface area contributed by atoms with Gasteiger partial charge < -0.3 is 9.64 Å². The summed E-state index contributed by atoms with van der Waals surface area (Å²) in [5.41, 5.74) is 3.90. The van der Waals surface area contributed by atoms with E-state index >= 15 is 0 Å². The Morgan fingerprint density at radius 3 is 2.85 bits per heavy atom. The third-order valence-corrected chi connectivity index (χ3v) is 5.22. The Morgan fingerprint density at radius 2 is 2.04 bits per heavy atom. The van der Waals surface area contributed by atoms with E-state index in [0.29, 0.717) is 11.3 Å². The highest BCUT2D eigenvalue weighted by atomic mass is 16.5. The number of hydrogen-bond donors (Lipinski definition) is 0. The normalized spacial score (nSPS) is 16.8. The quantitative estimate of drug-likeness (QED) is 0.642. The van der Waals surface area contributed by atoms with Gasteiger partial charge in [0, 0.05) is 17.5 Å². The molecule has 2 aromatic carbocycles. The van der Waals surface area contributed by atoms with Crippen LogP contribution >= 0.6 is 0 Å². The molecule has 1 unspecified atom stereocenters. The van der Waals surface area contributed by atoms with Crippen molar-refractivity contribution in [1.82, 2.24) is 4.98 Å². The number of fused-ring (bicyclic) bond motifs is 1. The fraction of sp³-hybridized carbons (Fsp3) is 0.273. The fourth-order valence-corrected chi connectivity index (χ4v) is 4.01. The first kappa shape index (κ1) is 16.6. The number of aryl methyl sites for hydroxylation is 1. The number of rotatable bonds is 4. The first-order valence-electron chi connectivity index (χ1n) is 8.98. The third-order valence-electron chi connectivity index (χ3n) is 5.22. The lowest BCUT2D eigenvalue weighted by atomic mass is 10.00. The molecule has 0 amide bonds. The lowest BCUT2D eigenvalue weighted by Gasteiger charge is -2.28. The molecule has 0 radical (unpaired) electrons. The Hall–Kier alpha value is -2.88. The molecule has 4 rings (SSSR count). The SMILES string of the molecule is COc1c(C=O)cccc1C1CCCN1c1cc(C)c2ccccc2n1. The van der Waals surface area contributed by atoms with Crippen molar-refractivity contribution in [3.63, 3.8) is 0 Å². The molecule has 1 atom stereocenters. The topological polar surface area (TPSA) is 42.4 Å². The maximum absolute atomic E-state index is 11.4. The highest BCUT2D eigenvalue weighted by Gasteiger charge is 2.30. The number of ether oxygens (including phenoxy) is 1. The number of anilines is 1. The van der Waals surface area contributed by atoms with Crippen molar-refractivity contribution in [2.75, 3.05) is 18.6 Å². The average molecular weight is 346 g/mol. The highest BCUT2D eigenvalue weighted by molar-refractivity contribution is 5.84. The molecule has 1 aliphatic rings. The van der Waals surface area contributed by atoms with Gasteiger partial charge in [-0.1, -0.05) is 30.3 Å². The largest absolute Gasteiger partial charge is 0.496 e. The zero-order valence-electron chi connectivity index (χ0n) is 15.1.